The maximum atomic E-state index is 14.2. The zero-order valence-electron chi connectivity index (χ0n) is 24.6. The van der Waals surface area contributed by atoms with Crippen LogP contribution in [0.4, 0.5) is 13.2 Å². The highest BCUT2D eigenvalue weighted by molar-refractivity contribution is 5.99. The lowest BCUT2D eigenvalue weighted by molar-refractivity contribution is -0.142. The molecule has 0 saturated carbocycles. The van der Waals surface area contributed by atoms with Gasteiger partial charge < -0.3 is 19.7 Å². The number of carbonyl (C=O) groups excluding carboxylic acids is 3. The van der Waals surface area contributed by atoms with Crippen LogP contribution in [0.3, 0.4) is 0 Å². The summed E-state index contributed by atoms with van der Waals surface area (Å²) in [6.07, 6.45) is 4.12. The minimum Gasteiger partial charge on any atom is -0.482 e. The Labute approximate surface area is 256 Å². The van der Waals surface area contributed by atoms with Crippen molar-refractivity contribution >= 4 is 17.8 Å². The van der Waals surface area contributed by atoms with Crippen molar-refractivity contribution < 1.29 is 37.0 Å². The smallest absolute Gasteiger partial charge is 0.302 e. The standard InChI is InChI=1S/C32H31F3N4O6/c1-5-19(3)39-18-37(23(6-2)17-44-20(4)40)32(43)28-30(45-16-21-10-8-7-9-11-21)29(41)25(15-38(28)39)31(42)36-14-24-26(34)12-22(33)13-27(24)35/h5-13,15,19,23H,1-2,14,16-18H2,3-4H3,(H,36,42)/t19?,23-/m1/s1. The van der Waals surface area contributed by atoms with E-state index in [9.17, 15) is 32.3 Å². The average Bonchev–Trinajstić information content (AvgIpc) is 3.00. The summed E-state index contributed by atoms with van der Waals surface area (Å²) in [7, 11) is 0. The van der Waals surface area contributed by atoms with Crippen LogP contribution in [0.2, 0.25) is 0 Å². The van der Waals surface area contributed by atoms with Gasteiger partial charge >= 0.3 is 5.97 Å². The molecule has 1 N–H and O–H groups in total. The molecule has 0 saturated heterocycles. The molecule has 2 atom stereocenters. The first kappa shape index (κ1) is 32.6. The molecule has 45 heavy (non-hydrogen) atoms. The summed E-state index contributed by atoms with van der Waals surface area (Å²) in [6.45, 7) is 9.39. The molecule has 236 valence electrons. The summed E-state index contributed by atoms with van der Waals surface area (Å²) in [6, 6.07) is 8.42. The van der Waals surface area contributed by atoms with Gasteiger partial charge in [0.2, 0.25) is 5.43 Å². The molecule has 2 amide bonds. The van der Waals surface area contributed by atoms with Gasteiger partial charge in [-0.05, 0) is 12.5 Å². The zero-order chi connectivity index (χ0) is 32.8. The molecule has 2 heterocycles. The maximum Gasteiger partial charge on any atom is 0.302 e. The van der Waals surface area contributed by atoms with Gasteiger partial charge in [-0.2, -0.15) is 0 Å². The third-order valence-corrected chi connectivity index (χ3v) is 7.13. The largest absolute Gasteiger partial charge is 0.482 e. The van der Waals surface area contributed by atoms with Crippen LogP contribution in [-0.4, -0.2) is 52.7 Å². The van der Waals surface area contributed by atoms with Crippen LogP contribution in [0, 0.1) is 17.5 Å². The van der Waals surface area contributed by atoms with E-state index in [1.165, 1.54) is 22.6 Å². The second-order valence-electron chi connectivity index (χ2n) is 10.1. The Bertz CT molecular complexity index is 1670. The average molecular weight is 625 g/mol. The lowest BCUT2D eigenvalue weighted by Crippen LogP contribution is -2.60. The fourth-order valence-electron chi connectivity index (χ4n) is 4.62. The van der Waals surface area contributed by atoms with E-state index < -0.39 is 76.2 Å². The highest BCUT2D eigenvalue weighted by Crippen LogP contribution is 2.26. The van der Waals surface area contributed by atoms with Gasteiger partial charge in [-0.1, -0.05) is 42.5 Å². The Morgan fingerprint density at radius 3 is 2.33 bits per heavy atom. The molecule has 0 spiro atoms. The molecule has 1 aliphatic rings. The number of pyridine rings is 1. The van der Waals surface area contributed by atoms with E-state index >= 15 is 0 Å². The first-order chi connectivity index (χ1) is 21.5. The Hall–Kier alpha value is -5.33. The molecule has 10 nitrogen and oxygen atoms in total. The van der Waals surface area contributed by atoms with Gasteiger partial charge in [-0.3, -0.25) is 28.9 Å². The number of aromatic nitrogens is 1. The molecule has 0 radical (unpaired) electrons. The van der Waals surface area contributed by atoms with Crippen LogP contribution in [0.1, 0.15) is 45.8 Å². The highest BCUT2D eigenvalue weighted by Gasteiger charge is 2.39. The quantitative estimate of drug-likeness (QED) is 0.241. The van der Waals surface area contributed by atoms with E-state index in [4.69, 9.17) is 9.47 Å². The van der Waals surface area contributed by atoms with Crippen molar-refractivity contribution in [1.29, 1.82) is 0 Å². The van der Waals surface area contributed by atoms with Gasteiger partial charge in [0.15, 0.2) is 11.4 Å². The molecule has 1 unspecified atom stereocenters. The number of fused-ring (bicyclic) bond motifs is 1. The Morgan fingerprint density at radius 1 is 1.07 bits per heavy atom. The summed E-state index contributed by atoms with van der Waals surface area (Å²) >= 11 is 0. The fourth-order valence-corrected chi connectivity index (χ4v) is 4.62. The van der Waals surface area contributed by atoms with Crippen molar-refractivity contribution in [3.8, 4) is 5.75 Å². The van der Waals surface area contributed by atoms with E-state index in [0.29, 0.717) is 17.7 Å². The monoisotopic (exact) mass is 624 g/mol. The SMILES string of the molecule is C=CC(C)N1CN([C@H](C=C)COC(C)=O)C(=O)c2c(OCc3ccccc3)c(=O)c(C(=O)NCc3c(F)cc(F)cc3F)cn21. The molecule has 3 aromatic rings. The number of esters is 1. The summed E-state index contributed by atoms with van der Waals surface area (Å²) in [5.41, 5.74) is -1.64. The van der Waals surface area contributed by atoms with Crippen LogP contribution in [0.25, 0.3) is 0 Å². The number of rotatable bonds is 12. The van der Waals surface area contributed by atoms with Crippen molar-refractivity contribution in [1.82, 2.24) is 14.9 Å². The van der Waals surface area contributed by atoms with Crippen LogP contribution in [0.15, 0.2) is 78.8 Å². The number of amides is 2. The molecular weight excluding hydrogens is 593 g/mol. The van der Waals surface area contributed by atoms with E-state index in [-0.39, 0.29) is 25.6 Å². The van der Waals surface area contributed by atoms with E-state index in [1.54, 1.807) is 48.3 Å². The van der Waals surface area contributed by atoms with E-state index in [0.717, 1.165) is 6.20 Å². The highest BCUT2D eigenvalue weighted by atomic mass is 19.1. The second kappa shape index (κ2) is 14.0. The first-order valence-electron chi connectivity index (χ1n) is 13.8. The topological polar surface area (TPSA) is 110 Å². The number of nitrogens with one attached hydrogen (secondary N) is 1. The molecule has 4 rings (SSSR count). The van der Waals surface area contributed by atoms with Crippen LogP contribution in [-0.2, 0) is 22.7 Å². The summed E-state index contributed by atoms with van der Waals surface area (Å²) in [5.74, 6) is -6.30. The van der Waals surface area contributed by atoms with Gasteiger partial charge in [-0.15, -0.1) is 13.2 Å². The number of hydrogen-bond acceptors (Lipinski definition) is 7. The molecule has 2 aromatic carbocycles. The predicted octanol–water partition coefficient (Wildman–Crippen LogP) is 3.82. The minimum absolute atomic E-state index is 0.106. The van der Waals surface area contributed by atoms with Crippen molar-refractivity contribution in [2.45, 2.75) is 39.1 Å². The predicted molar refractivity (Wildman–Crippen MR) is 158 cm³/mol. The van der Waals surface area contributed by atoms with Crippen molar-refractivity contribution in [3.05, 3.63) is 124 Å². The second-order valence-corrected chi connectivity index (χ2v) is 10.1. The molecule has 0 fully saturated rings. The van der Waals surface area contributed by atoms with Crippen molar-refractivity contribution in [2.24, 2.45) is 0 Å². The number of hydrogen-bond donors (Lipinski definition) is 1. The molecule has 1 aromatic heterocycles. The Morgan fingerprint density at radius 2 is 1.73 bits per heavy atom. The van der Waals surface area contributed by atoms with Crippen molar-refractivity contribution in [3.63, 3.8) is 0 Å². The molecule has 13 heteroatoms. The summed E-state index contributed by atoms with van der Waals surface area (Å²) in [5, 5.41) is 3.90. The number of nitrogens with zero attached hydrogens (tertiary/aromatic N) is 3. The van der Waals surface area contributed by atoms with Crippen molar-refractivity contribution in [2.75, 3.05) is 18.3 Å². The fraction of sp³-hybridized carbons (Fsp3) is 0.250. The lowest BCUT2D eigenvalue weighted by Gasteiger charge is -2.44. The van der Waals surface area contributed by atoms with Gasteiger partial charge in [0, 0.05) is 37.4 Å². The number of halogens is 3. The third kappa shape index (κ3) is 7.08. The Balaban J connectivity index is 1.82. The minimum atomic E-state index is -1.22. The van der Waals surface area contributed by atoms with Crippen LogP contribution < -0.4 is 20.5 Å². The third-order valence-electron chi connectivity index (χ3n) is 7.13. The molecule has 1 aliphatic heterocycles. The van der Waals surface area contributed by atoms with Crippen LogP contribution >= 0.6 is 0 Å². The number of carbonyl (C=O) groups is 3. The zero-order valence-corrected chi connectivity index (χ0v) is 24.6. The van der Waals surface area contributed by atoms with Gasteiger partial charge in [0.05, 0.1) is 12.1 Å². The molecule has 0 bridgehead atoms. The first-order valence-corrected chi connectivity index (χ1v) is 13.8. The van der Waals surface area contributed by atoms with Gasteiger partial charge in [0.1, 0.15) is 42.9 Å². The van der Waals surface area contributed by atoms with Gasteiger partial charge in [0.25, 0.3) is 11.8 Å². The number of ether oxygens (including phenoxy) is 2. The normalized spacial score (nSPS) is 13.8. The van der Waals surface area contributed by atoms with E-state index in [1.807, 2.05) is 0 Å². The van der Waals surface area contributed by atoms with Crippen LogP contribution in [0.5, 0.6) is 5.75 Å². The Kier molecular flexibility index (Phi) is 10.1. The number of benzene rings is 2. The molecule has 0 aliphatic carbocycles. The summed E-state index contributed by atoms with van der Waals surface area (Å²) < 4.78 is 54.2. The van der Waals surface area contributed by atoms with E-state index in [2.05, 4.69) is 18.5 Å². The maximum absolute atomic E-state index is 14.2. The van der Waals surface area contributed by atoms with Gasteiger partial charge in [-0.25, -0.2) is 13.2 Å². The lowest BCUT2D eigenvalue weighted by atomic mass is 10.1. The summed E-state index contributed by atoms with van der Waals surface area (Å²) in [4.78, 5) is 54.1. The molecular formula is C32H31F3N4O6.